The van der Waals surface area contributed by atoms with Gasteiger partial charge in [0.05, 0.1) is 10.6 Å². The van der Waals surface area contributed by atoms with Crippen LogP contribution in [0.15, 0.2) is 52.5 Å². The van der Waals surface area contributed by atoms with E-state index in [1.165, 1.54) is 30.4 Å². The smallest absolute Gasteiger partial charge is 0.240 e. The van der Waals surface area contributed by atoms with Crippen LogP contribution in [-0.2, 0) is 27.3 Å². The number of carbonyl (C=O) groups is 1. The van der Waals surface area contributed by atoms with Gasteiger partial charge in [-0.2, -0.15) is 0 Å². The number of hydrogen-bond donors (Lipinski definition) is 2. The number of carbonyl (C=O) groups excluding carboxylic acids is 1. The number of anilines is 1. The number of aryl methyl sites for hydroxylation is 1. The molecule has 3 aromatic rings. The lowest BCUT2D eigenvalue weighted by Crippen LogP contribution is -2.20. The molecular formula is C23H29N5O3S2. The Balaban J connectivity index is 1.67. The fourth-order valence-electron chi connectivity index (χ4n) is 3.22. The molecule has 1 amide bonds. The van der Waals surface area contributed by atoms with E-state index < -0.39 is 10.0 Å². The first kappa shape index (κ1) is 24.9. The van der Waals surface area contributed by atoms with Gasteiger partial charge in [0.15, 0.2) is 11.0 Å². The van der Waals surface area contributed by atoms with Gasteiger partial charge < -0.3 is 9.88 Å². The summed E-state index contributed by atoms with van der Waals surface area (Å²) >= 11 is 1.26. The van der Waals surface area contributed by atoms with E-state index in [9.17, 15) is 13.2 Å². The van der Waals surface area contributed by atoms with Crippen LogP contribution in [0.1, 0.15) is 31.9 Å². The summed E-state index contributed by atoms with van der Waals surface area (Å²) < 4.78 is 28.4. The van der Waals surface area contributed by atoms with Gasteiger partial charge in [-0.25, -0.2) is 13.1 Å². The number of nitrogens with one attached hydrogen (secondary N) is 2. The molecule has 0 atom stereocenters. The minimum absolute atomic E-state index is 0.0717. The van der Waals surface area contributed by atoms with Crippen LogP contribution in [-0.4, -0.2) is 41.9 Å². The molecule has 0 fully saturated rings. The van der Waals surface area contributed by atoms with E-state index >= 15 is 0 Å². The van der Waals surface area contributed by atoms with Crippen LogP contribution in [0.4, 0.5) is 5.69 Å². The number of sulfonamides is 1. The summed E-state index contributed by atoms with van der Waals surface area (Å²) in [5, 5.41) is 11.9. The Morgan fingerprint density at radius 2 is 1.76 bits per heavy atom. The lowest BCUT2D eigenvalue weighted by molar-refractivity contribution is -0.113. The maximum absolute atomic E-state index is 12.5. The van der Waals surface area contributed by atoms with Gasteiger partial charge >= 0.3 is 0 Å². The molecule has 0 saturated heterocycles. The maximum Gasteiger partial charge on any atom is 0.240 e. The second-order valence-corrected chi connectivity index (χ2v) is 11.5. The van der Waals surface area contributed by atoms with Gasteiger partial charge in [0.25, 0.3) is 0 Å². The van der Waals surface area contributed by atoms with Crippen LogP contribution >= 0.6 is 11.8 Å². The van der Waals surface area contributed by atoms with Gasteiger partial charge in [-0.1, -0.05) is 62.9 Å². The maximum atomic E-state index is 12.5. The minimum atomic E-state index is -3.61. The first-order valence-corrected chi connectivity index (χ1v) is 12.9. The molecule has 10 heteroatoms. The standard InChI is InChI=1S/C23H29N5O3S2/c1-15-7-12-18(13-19(15)33(30,31)24-5)25-20(29)14-32-22-27-26-21(28(22)6)16-8-10-17(11-9-16)23(2,3)4/h7-13,24H,14H2,1-6H3,(H,25,29). The number of hydrogen-bond acceptors (Lipinski definition) is 6. The Kier molecular flexibility index (Phi) is 7.30. The molecular weight excluding hydrogens is 458 g/mol. The lowest BCUT2D eigenvalue weighted by Gasteiger charge is -2.19. The largest absolute Gasteiger partial charge is 0.325 e. The third kappa shape index (κ3) is 5.82. The van der Waals surface area contributed by atoms with Crippen molar-refractivity contribution >= 4 is 33.4 Å². The summed E-state index contributed by atoms with van der Waals surface area (Å²) in [7, 11) is -0.396. The monoisotopic (exact) mass is 487 g/mol. The molecule has 3 rings (SSSR count). The molecule has 1 heterocycles. The van der Waals surface area contributed by atoms with Crippen LogP contribution in [0, 0.1) is 6.92 Å². The second-order valence-electron chi connectivity index (χ2n) is 8.72. The number of aromatic nitrogens is 3. The van der Waals surface area contributed by atoms with Crippen molar-refractivity contribution < 1.29 is 13.2 Å². The third-order valence-electron chi connectivity index (χ3n) is 5.21. The van der Waals surface area contributed by atoms with Gasteiger partial charge in [0, 0.05) is 18.3 Å². The summed E-state index contributed by atoms with van der Waals surface area (Å²) in [4.78, 5) is 12.6. The molecule has 0 aliphatic heterocycles. The highest BCUT2D eigenvalue weighted by atomic mass is 32.2. The summed E-state index contributed by atoms with van der Waals surface area (Å²) in [6, 6.07) is 13.0. The second kappa shape index (κ2) is 9.66. The van der Waals surface area contributed by atoms with E-state index in [2.05, 4.69) is 53.1 Å². The highest BCUT2D eigenvalue weighted by molar-refractivity contribution is 7.99. The third-order valence-corrected chi connectivity index (χ3v) is 7.78. The summed E-state index contributed by atoms with van der Waals surface area (Å²) in [5.74, 6) is 0.561. The van der Waals surface area contributed by atoms with E-state index in [0.29, 0.717) is 16.4 Å². The zero-order valence-corrected chi connectivity index (χ0v) is 21.3. The number of rotatable bonds is 7. The minimum Gasteiger partial charge on any atom is -0.325 e. The summed E-state index contributed by atoms with van der Waals surface area (Å²) in [6.45, 7) is 8.21. The molecule has 2 N–H and O–H groups in total. The van der Waals surface area contributed by atoms with Crippen molar-refractivity contribution in [2.75, 3.05) is 18.1 Å². The van der Waals surface area contributed by atoms with Crippen molar-refractivity contribution in [1.29, 1.82) is 0 Å². The van der Waals surface area contributed by atoms with Gasteiger partial charge in [0.1, 0.15) is 0 Å². The van der Waals surface area contributed by atoms with Gasteiger partial charge in [0.2, 0.25) is 15.9 Å². The van der Waals surface area contributed by atoms with Crippen molar-refractivity contribution in [3.63, 3.8) is 0 Å². The molecule has 176 valence electrons. The Morgan fingerprint density at radius 3 is 2.36 bits per heavy atom. The Hall–Kier alpha value is -2.69. The fourth-order valence-corrected chi connectivity index (χ4v) is 4.92. The molecule has 0 saturated carbocycles. The van der Waals surface area contributed by atoms with Crippen LogP contribution in [0.3, 0.4) is 0 Å². The lowest BCUT2D eigenvalue weighted by atomic mass is 9.87. The van der Waals surface area contributed by atoms with E-state index in [1.807, 2.05) is 23.7 Å². The predicted octanol–water partition coefficient (Wildman–Crippen LogP) is 3.73. The molecule has 8 nitrogen and oxygen atoms in total. The summed E-state index contributed by atoms with van der Waals surface area (Å²) in [6.07, 6.45) is 0. The highest BCUT2D eigenvalue weighted by Crippen LogP contribution is 2.27. The van der Waals surface area contributed by atoms with Crippen LogP contribution in [0.25, 0.3) is 11.4 Å². The zero-order chi connectivity index (χ0) is 24.4. The first-order chi connectivity index (χ1) is 15.4. The molecule has 0 aliphatic rings. The van der Waals surface area contributed by atoms with Gasteiger partial charge in [-0.3, -0.25) is 4.79 Å². The Labute approximate surface area is 199 Å². The highest BCUT2D eigenvalue weighted by Gasteiger charge is 2.18. The molecule has 0 bridgehead atoms. The van der Waals surface area contributed by atoms with E-state index in [0.717, 1.165) is 11.4 Å². The van der Waals surface area contributed by atoms with Crippen molar-refractivity contribution in [2.24, 2.45) is 7.05 Å². The van der Waals surface area contributed by atoms with Gasteiger partial charge in [-0.05, 0) is 42.6 Å². The zero-order valence-electron chi connectivity index (χ0n) is 19.6. The van der Waals surface area contributed by atoms with Crippen molar-refractivity contribution in [2.45, 2.75) is 43.2 Å². The normalized spacial score (nSPS) is 12.1. The predicted molar refractivity (Wildman–Crippen MR) is 132 cm³/mol. The van der Waals surface area contributed by atoms with Crippen LogP contribution in [0.2, 0.25) is 0 Å². The Bertz CT molecular complexity index is 1260. The Morgan fingerprint density at radius 1 is 1.09 bits per heavy atom. The SMILES string of the molecule is CNS(=O)(=O)c1cc(NC(=O)CSc2nnc(-c3ccc(C(C)(C)C)cc3)n2C)ccc1C. The van der Waals surface area contributed by atoms with E-state index in [1.54, 1.807) is 19.1 Å². The van der Waals surface area contributed by atoms with E-state index in [4.69, 9.17) is 0 Å². The van der Waals surface area contributed by atoms with Crippen molar-refractivity contribution in [3.8, 4) is 11.4 Å². The summed E-state index contributed by atoms with van der Waals surface area (Å²) in [5.41, 5.74) is 3.27. The fraction of sp³-hybridized carbons (Fsp3) is 0.348. The quantitative estimate of drug-likeness (QED) is 0.492. The number of nitrogens with zero attached hydrogens (tertiary/aromatic N) is 3. The topological polar surface area (TPSA) is 106 Å². The number of thioether (sulfide) groups is 1. The molecule has 33 heavy (non-hydrogen) atoms. The first-order valence-electron chi connectivity index (χ1n) is 10.4. The van der Waals surface area contributed by atoms with Gasteiger partial charge in [-0.15, -0.1) is 10.2 Å². The molecule has 0 unspecified atom stereocenters. The molecule has 0 radical (unpaired) electrons. The van der Waals surface area contributed by atoms with Crippen LogP contribution in [0.5, 0.6) is 0 Å². The molecule has 0 spiro atoms. The van der Waals surface area contributed by atoms with E-state index in [-0.39, 0.29) is 22.0 Å². The number of amides is 1. The van der Waals surface area contributed by atoms with Crippen molar-refractivity contribution in [3.05, 3.63) is 53.6 Å². The van der Waals surface area contributed by atoms with Crippen LogP contribution < -0.4 is 10.0 Å². The average Bonchev–Trinajstić information content (AvgIpc) is 3.13. The average molecular weight is 488 g/mol. The molecule has 2 aromatic carbocycles. The molecule has 1 aromatic heterocycles. The number of benzene rings is 2. The molecule has 0 aliphatic carbocycles. The van der Waals surface area contributed by atoms with Crippen molar-refractivity contribution in [1.82, 2.24) is 19.5 Å².